The molecule has 0 saturated carbocycles. The van der Waals surface area contributed by atoms with Gasteiger partial charge in [-0.15, -0.1) is 0 Å². The fourth-order valence-electron chi connectivity index (χ4n) is 2.61. The average Bonchev–Trinajstić information content (AvgIpc) is 2.62. The van der Waals surface area contributed by atoms with E-state index in [0.29, 0.717) is 5.56 Å². The van der Waals surface area contributed by atoms with Gasteiger partial charge in [-0.2, -0.15) is 0 Å². The lowest BCUT2D eigenvalue weighted by Crippen LogP contribution is -2.04. The van der Waals surface area contributed by atoms with Crippen molar-refractivity contribution < 1.29 is 9.53 Å². The third-order valence-electron chi connectivity index (χ3n) is 3.62. The summed E-state index contributed by atoms with van der Waals surface area (Å²) in [7, 11) is 1.41. The van der Waals surface area contributed by atoms with Crippen molar-refractivity contribution in [2.24, 2.45) is 0 Å². The van der Waals surface area contributed by atoms with E-state index in [2.05, 4.69) is 0 Å². The minimum atomic E-state index is -0.323. The van der Waals surface area contributed by atoms with E-state index in [1.807, 2.05) is 72.8 Å². The number of benzene rings is 3. The Labute approximate surface area is 130 Å². The number of rotatable bonds is 3. The summed E-state index contributed by atoms with van der Waals surface area (Å²) in [6.07, 6.45) is 0. The number of carbonyl (C=O) groups excluding carboxylic acids is 1. The van der Waals surface area contributed by atoms with Gasteiger partial charge in [-0.3, -0.25) is 0 Å². The first kappa shape index (κ1) is 14.1. The average molecular weight is 288 g/mol. The van der Waals surface area contributed by atoms with Crippen LogP contribution in [-0.4, -0.2) is 13.1 Å². The minimum absolute atomic E-state index is 0.323. The summed E-state index contributed by atoms with van der Waals surface area (Å²) >= 11 is 0. The van der Waals surface area contributed by atoms with E-state index in [4.69, 9.17) is 4.74 Å². The molecule has 22 heavy (non-hydrogen) atoms. The molecule has 3 aromatic carbocycles. The summed E-state index contributed by atoms with van der Waals surface area (Å²) in [4.78, 5) is 12.2. The van der Waals surface area contributed by atoms with Crippen LogP contribution in [-0.2, 0) is 4.74 Å². The molecule has 0 radical (unpaired) electrons. The van der Waals surface area contributed by atoms with Gasteiger partial charge in [0.1, 0.15) is 0 Å². The summed E-state index contributed by atoms with van der Waals surface area (Å²) in [5, 5.41) is 0. The van der Waals surface area contributed by atoms with Crippen LogP contribution in [0.2, 0.25) is 0 Å². The van der Waals surface area contributed by atoms with Gasteiger partial charge in [0.15, 0.2) is 0 Å². The Morgan fingerprint density at radius 1 is 0.727 bits per heavy atom. The molecule has 0 unspecified atom stereocenters. The van der Waals surface area contributed by atoms with E-state index >= 15 is 0 Å². The van der Waals surface area contributed by atoms with Crippen molar-refractivity contribution in [2.45, 2.75) is 0 Å². The number of methoxy groups -OCH3 is 1. The molecular weight excluding hydrogens is 272 g/mol. The van der Waals surface area contributed by atoms with Crippen LogP contribution >= 0.6 is 0 Å². The Bertz CT molecular complexity index is 777. The van der Waals surface area contributed by atoms with Crippen LogP contribution in [0, 0.1) is 0 Å². The Morgan fingerprint density at radius 3 is 1.91 bits per heavy atom. The van der Waals surface area contributed by atoms with Gasteiger partial charge in [-0.05, 0) is 22.8 Å². The van der Waals surface area contributed by atoms with Gasteiger partial charge in [-0.25, -0.2) is 4.79 Å². The molecule has 0 aliphatic rings. The Kier molecular flexibility index (Phi) is 4.01. The number of hydrogen-bond donors (Lipinski definition) is 0. The summed E-state index contributed by atoms with van der Waals surface area (Å²) < 4.78 is 4.95. The maximum Gasteiger partial charge on any atom is 0.338 e. The standard InChI is InChI=1S/C20H16O2/c1-22-20(21)18-14-8-13-17(15-9-4-2-5-10-15)19(18)16-11-6-3-7-12-16/h2-14H,1H3. The zero-order valence-corrected chi connectivity index (χ0v) is 12.3. The molecule has 108 valence electrons. The summed E-state index contributed by atoms with van der Waals surface area (Å²) in [5.41, 5.74) is 4.58. The highest BCUT2D eigenvalue weighted by Crippen LogP contribution is 2.35. The van der Waals surface area contributed by atoms with Gasteiger partial charge in [-0.1, -0.05) is 72.8 Å². The van der Waals surface area contributed by atoms with Crippen LogP contribution in [0.1, 0.15) is 10.4 Å². The lowest BCUT2D eigenvalue weighted by atomic mass is 9.90. The van der Waals surface area contributed by atoms with E-state index in [0.717, 1.165) is 22.3 Å². The van der Waals surface area contributed by atoms with Gasteiger partial charge >= 0.3 is 5.97 Å². The van der Waals surface area contributed by atoms with Crippen molar-refractivity contribution >= 4 is 5.97 Å². The molecule has 3 aromatic rings. The second kappa shape index (κ2) is 6.27. The molecule has 0 aliphatic heterocycles. The van der Waals surface area contributed by atoms with Crippen LogP contribution < -0.4 is 0 Å². The van der Waals surface area contributed by atoms with Crippen LogP contribution in [0.3, 0.4) is 0 Å². The quantitative estimate of drug-likeness (QED) is 0.647. The van der Waals surface area contributed by atoms with Gasteiger partial charge < -0.3 is 4.74 Å². The monoisotopic (exact) mass is 288 g/mol. The fraction of sp³-hybridized carbons (Fsp3) is 0.0500. The molecule has 0 bridgehead atoms. The molecule has 0 aromatic heterocycles. The molecule has 0 fully saturated rings. The normalized spacial score (nSPS) is 10.2. The van der Waals surface area contributed by atoms with E-state index in [1.54, 1.807) is 6.07 Å². The molecule has 0 spiro atoms. The molecule has 2 nitrogen and oxygen atoms in total. The van der Waals surface area contributed by atoms with E-state index in [9.17, 15) is 4.79 Å². The first-order chi connectivity index (χ1) is 10.8. The minimum Gasteiger partial charge on any atom is -0.465 e. The van der Waals surface area contributed by atoms with Crippen molar-refractivity contribution in [1.29, 1.82) is 0 Å². The number of carbonyl (C=O) groups is 1. The van der Waals surface area contributed by atoms with E-state index in [-0.39, 0.29) is 5.97 Å². The number of ether oxygens (including phenoxy) is 1. The molecule has 3 rings (SSSR count). The smallest absolute Gasteiger partial charge is 0.338 e. The van der Waals surface area contributed by atoms with Gasteiger partial charge in [0.25, 0.3) is 0 Å². The molecule has 0 aliphatic carbocycles. The maximum atomic E-state index is 12.2. The molecule has 0 atom stereocenters. The molecule has 0 amide bonds. The van der Waals surface area contributed by atoms with Crippen molar-refractivity contribution in [1.82, 2.24) is 0 Å². The van der Waals surface area contributed by atoms with Gasteiger partial charge in [0, 0.05) is 5.56 Å². The summed E-state index contributed by atoms with van der Waals surface area (Å²) in [5.74, 6) is -0.323. The first-order valence-electron chi connectivity index (χ1n) is 7.13. The Balaban J connectivity index is 2.29. The molecular formula is C20H16O2. The highest BCUT2D eigenvalue weighted by atomic mass is 16.5. The lowest BCUT2D eigenvalue weighted by molar-refractivity contribution is 0.0601. The summed E-state index contributed by atoms with van der Waals surface area (Å²) in [6.45, 7) is 0. The maximum absolute atomic E-state index is 12.2. The third-order valence-corrected chi connectivity index (χ3v) is 3.62. The highest BCUT2D eigenvalue weighted by Gasteiger charge is 2.17. The predicted molar refractivity (Wildman–Crippen MR) is 88.7 cm³/mol. The SMILES string of the molecule is COC(=O)c1cccc(-c2ccccc2)c1-c1ccccc1. The largest absolute Gasteiger partial charge is 0.465 e. The van der Waals surface area contributed by atoms with Crippen molar-refractivity contribution in [3.63, 3.8) is 0 Å². The van der Waals surface area contributed by atoms with Crippen LogP contribution in [0.5, 0.6) is 0 Å². The highest BCUT2D eigenvalue weighted by molar-refractivity contribution is 6.02. The van der Waals surface area contributed by atoms with Crippen LogP contribution in [0.4, 0.5) is 0 Å². The Morgan fingerprint density at radius 2 is 1.32 bits per heavy atom. The molecule has 0 heterocycles. The van der Waals surface area contributed by atoms with Crippen molar-refractivity contribution in [2.75, 3.05) is 7.11 Å². The molecule has 0 saturated heterocycles. The van der Waals surface area contributed by atoms with Crippen LogP contribution in [0.25, 0.3) is 22.3 Å². The second-order valence-corrected chi connectivity index (χ2v) is 4.95. The number of hydrogen-bond acceptors (Lipinski definition) is 2. The second-order valence-electron chi connectivity index (χ2n) is 4.95. The third kappa shape index (κ3) is 2.63. The van der Waals surface area contributed by atoms with Crippen molar-refractivity contribution in [3.05, 3.63) is 84.4 Å². The van der Waals surface area contributed by atoms with E-state index < -0.39 is 0 Å². The zero-order valence-electron chi connectivity index (χ0n) is 12.3. The van der Waals surface area contributed by atoms with Gasteiger partial charge in [0.2, 0.25) is 0 Å². The molecule has 2 heteroatoms. The summed E-state index contributed by atoms with van der Waals surface area (Å²) in [6, 6.07) is 25.7. The topological polar surface area (TPSA) is 26.3 Å². The molecule has 0 N–H and O–H groups in total. The van der Waals surface area contributed by atoms with E-state index in [1.165, 1.54) is 7.11 Å². The van der Waals surface area contributed by atoms with Gasteiger partial charge in [0.05, 0.1) is 12.7 Å². The number of esters is 1. The van der Waals surface area contributed by atoms with Crippen LogP contribution in [0.15, 0.2) is 78.9 Å². The predicted octanol–water partition coefficient (Wildman–Crippen LogP) is 4.81. The lowest BCUT2D eigenvalue weighted by Gasteiger charge is -2.14. The van der Waals surface area contributed by atoms with Crippen molar-refractivity contribution in [3.8, 4) is 22.3 Å². The first-order valence-corrected chi connectivity index (χ1v) is 7.13. The zero-order chi connectivity index (χ0) is 15.4. The Hall–Kier alpha value is -2.87. The fourth-order valence-corrected chi connectivity index (χ4v) is 2.61.